The molecule has 6 nitrogen and oxygen atoms in total. The normalized spacial score (nSPS) is 13.2. The predicted molar refractivity (Wildman–Crippen MR) is 126 cm³/mol. The summed E-state index contributed by atoms with van der Waals surface area (Å²) in [5.41, 5.74) is 2.47. The number of halogens is 1. The van der Waals surface area contributed by atoms with Gasteiger partial charge in [0.15, 0.2) is 17.5 Å². The summed E-state index contributed by atoms with van der Waals surface area (Å²) >= 11 is 1.73. The van der Waals surface area contributed by atoms with Crippen molar-refractivity contribution < 1.29 is 9.47 Å². The molecule has 0 saturated heterocycles. The zero-order valence-corrected chi connectivity index (χ0v) is 20.0. The zero-order chi connectivity index (χ0) is 19.3. The first kappa shape index (κ1) is 22.7. The number of aromatic nitrogens is 1. The van der Waals surface area contributed by atoms with E-state index < -0.39 is 0 Å². The fourth-order valence-corrected chi connectivity index (χ4v) is 3.73. The Balaban J connectivity index is 0.00000280. The first-order chi connectivity index (χ1) is 13.0. The van der Waals surface area contributed by atoms with Crippen molar-refractivity contribution in [3.63, 3.8) is 0 Å². The molecule has 2 heterocycles. The molecular formula is C20H29IN4O2S. The lowest BCUT2D eigenvalue weighted by atomic mass is 9.93. The Kier molecular flexibility index (Phi) is 8.36. The average Bonchev–Trinajstić information content (AvgIpc) is 3.28. The van der Waals surface area contributed by atoms with Gasteiger partial charge in [-0.15, -0.1) is 35.3 Å². The number of aliphatic imine (C=N–C) groups is 1. The van der Waals surface area contributed by atoms with Crippen molar-refractivity contribution in [2.75, 3.05) is 26.9 Å². The predicted octanol–water partition coefficient (Wildman–Crippen LogP) is 3.74. The maximum atomic E-state index is 5.42. The Morgan fingerprint density at radius 1 is 1.14 bits per heavy atom. The Morgan fingerprint density at radius 3 is 2.54 bits per heavy atom. The van der Waals surface area contributed by atoms with Gasteiger partial charge in [0.05, 0.1) is 10.7 Å². The van der Waals surface area contributed by atoms with Gasteiger partial charge >= 0.3 is 0 Å². The van der Waals surface area contributed by atoms with Gasteiger partial charge in [0, 0.05) is 37.4 Å². The van der Waals surface area contributed by atoms with E-state index in [0.717, 1.165) is 54.1 Å². The van der Waals surface area contributed by atoms with E-state index in [1.165, 1.54) is 5.56 Å². The van der Waals surface area contributed by atoms with E-state index in [1.807, 2.05) is 12.1 Å². The van der Waals surface area contributed by atoms with Crippen molar-refractivity contribution in [3.8, 4) is 11.5 Å². The highest BCUT2D eigenvalue weighted by Crippen LogP contribution is 2.32. The molecule has 2 N–H and O–H groups in total. The Labute approximate surface area is 188 Å². The number of benzene rings is 1. The van der Waals surface area contributed by atoms with Crippen LogP contribution in [0.1, 0.15) is 37.0 Å². The molecular weight excluding hydrogens is 487 g/mol. The summed E-state index contributed by atoms with van der Waals surface area (Å²) in [6.45, 7) is 8.48. The van der Waals surface area contributed by atoms with E-state index in [2.05, 4.69) is 47.8 Å². The number of rotatable bonds is 6. The number of nitrogens with one attached hydrogen (secondary N) is 2. The molecule has 3 rings (SSSR count). The van der Waals surface area contributed by atoms with Crippen LogP contribution in [0.3, 0.4) is 0 Å². The molecule has 2 aromatic rings. The zero-order valence-electron chi connectivity index (χ0n) is 16.9. The van der Waals surface area contributed by atoms with E-state index in [9.17, 15) is 0 Å². The van der Waals surface area contributed by atoms with Gasteiger partial charge in [-0.3, -0.25) is 4.99 Å². The molecule has 0 fully saturated rings. The molecule has 154 valence electrons. The van der Waals surface area contributed by atoms with Crippen LogP contribution in [0.25, 0.3) is 0 Å². The van der Waals surface area contributed by atoms with E-state index in [1.54, 1.807) is 18.4 Å². The largest absolute Gasteiger partial charge is 0.454 e. The minimum absolute atomic E-state index is 0. The summed E-state index contributed by atoms with van der Waals surface area (Å²) in [6, 6.07) is 6.07. The molecule has 8 heteroatoms. The number of nitrogens with zero attached hydrogens (tertiary/aromatic N) is 2. The van der Waals surface area contributed by atoms with E-state index in [0.29, 0.717) is 6.79 Å². The molecule has 0 spiro atoms. The molecule has 0 unspecified atom stereocenters. The number of thiazole rings is 1. The van der Waals surface area contributed by atoms with Crippen molar-refractivity contribution in [3.05, 3.63) is 39.8 Å². The molecule has 0 bridgehead atoms. The van der Waals surface area contributed by atoms with Crippen LogP contribution in [0.5, 0.6) is 11.5 Å². The first-order valence-electron chi connectivity index (χ1n) is 9.23. The second-order valence-corrected chi connectivity index (χ2v) is 8.43. The van der Waals surface area contributed by atoms with Crippen molar-refractivity contribution >= 4 is 41.3 Å². The monoisotopic (exact) mass is 516 g/mol. The lowest BCUT2D eigenvalue weighted by Gasteiger charge is -2.14. The molecule has 0 aliphatic carbocycles. The Bertz CT molecular complexity index is 802. The van der Waals surface area contributed by atoms with Gasteiger partial charge in [-0.1, -0.05) is 26.8 Å². The highest BCUT2D eigenvalue weighted by molar-refractivity contribution is 14.0. The number of hydrogen-bond acceptors (Lipinski definition) is 5. The molecule has 0 radical (unpaired) electrons. The second kappa shape index (κ2) is 10.3. The first-order valence-corrected chi connectivity index (χ1v) is 10.1. The number of fused-ring (bicyclic) bond motifs is 1. The van der Waals surface area contributed by atoms with Crippen LogP contribution < -0.4 is 20.1 Å². The van der Waals surface area contributed by atoms with Crippen LogP contribution in [0.15, 0.2) is 28.6 Å². The topological polar surface area (TPSA) is 67.8 Å². The van der Waals surface area contributed by atoms with Crippen LogP contribution in [-0.2, 0) is 18.3 Å². The minimum Gasteiger partial charge on any atom is -0.454 e. The van der Waals surface area contributed by atoms with Gasteiger partial charge in [-0.25, -0.2) is 4.98 Å². The quantitative estimate of drug-likeness (QED) is 0.348. The SMILES string of the molecule is CN=C(NCCc1ccc2c(c1)OCO2)NCCc1nc(C(C)(C)C)cs1.I. The second-order valence-electron chi connectivity index (χ2n) is 7.49. The highest BCUT2D eigenvalue weighted by atomic mass is 127. The molecule has 1 aromatic carbocycles. The molecule has 1 aliphatic heterocycles. The lowest BCUT2D eigenvalue weighted by Crippen LogP contribution is -2.39. The molecule has 0 saturated carbocycles. The summed E-state index contributed by atoms with van der Waals surface area (Å²) in [5, 5.41) is 10.0. The van der Waals surface area contributed by atoms with E-state index in [4.69, 9.17) is 14.5 Å². The summed E-state index contributed by atoms with van der Waals surface area (Å²) in [4.78, 5) is 9.02. The fraction of sp³-hybridized carbons (Fsp3) is 0.500. The minimum atomic E-state index is 0. The maximum Gasteiger partial charge on any atom is 0.231 e. The van der Waals surface area contributed by atoms with Crippen molar-refractivity contribution in [1.82, 2.24) is 15.6 Å². The van der Waals surface area contributed by atoms with Gasteiger partial charge in [0.25, 0.3) is 0 Å². The standard InChI is InChI=1S/C20H28N4O2S.HI/c1-20(2,3)17-12-27-18(24-17)8-10-23-19(21-4)22-9-7-14-5-6-15-16(11-14)26-13-25-15;/h5-6,11-12H,7-10,13H2,1-4H3,(H2,21,22,23);1H. The average molecular weight is 516 g/mol. The smallest absolute Gasteiger partial charge is 0.231 e. The van der Waals surface area contributed by atoms with Crippen LogP contribution >= 0.6 is 35.3 Å². The highest BCUT2D eigenvalue weighted by Gasteiger charge is 2.17. The van der Waals surface area contributed by atoms with Crippen LogP contribution in [0, 0.1) is 0 Å². The van der Waals surface area contributed by atoms with Gasteiger partial charge in [-0.2, -0.15) is 0 Å². The third kappa shape index (κ3) is 6.23. The molecule has 28 heavy (non-hydrogen) atoms. The third-order valence-electron chi connectivity index (χ3n) is 4.32. The summed E-state index contributed by atoms with van der Waals surface area (Å²) in [5.74, 6) is 2.46. The van der Waals surface area contributed by atoms with Crippen LogP contribution in [0.2, 0.25) is 0 Å². The Hall–Kier alpha value is -1.55. The molecule has 1 aromatic heterocycles. The summed E-state index contributed by atoms with van der Waals surface area (Å²) < 4.78 is 10.8. The van der Waals surface area contributed by atoms with Gasteiger partial charge in [-0.05, 0) is 24.1 Å². The summed E-state index contributed by atoms with van der Waals surface area (Å²) in [6.07, 6.45) is 1.78. The number of guanidine groups is 1. The number of ether oxygens (including phenoxy) is 2. The van der Waals surface area contributed by atoms with Gasteiger partial charge in [0.1, 0.15) is 0 Å². The lowest BCUT2D eigenvalue weighted by molar-refractivity contribution is 0.174. The van der Waals surface area contributed by atoms with Crippen LogP contribution in [-0.4, -0.2) is 37.9 Å². The van der Waals surface area contributed by atoms with Gasteiger partial charge < -0.3 is 20.1 Å². The molecule has 0 atom stereocenters. The summed E-state index contributed by atoms with van der Waals surface area (Å²) in [7, 11) is 1.79. The molecule has 1 aliphatic rings. The fourth-order valence-electron chi connectivity index (χ4n) is 2.70. The molecule has 0 amide bonds. The number of hydrogen-bond donors (Lipinski definition) is 2. The maximum absolute atomic E-state index is 5.42. The third-order valence-corrected chi connectivity index (χ3v) is 5.23. The van der Waals surface area contributed by atoms with Crippen molar-refractivity contribution in [1.29, 1.82) is 0 Å². The Morgan fingerprint density at radius 2 is 1.86 bits per heavy atom. The van der Waals surface area contributed by atoms with E-state index in [-0.39, 0.29) is 29.4 Å². The van der Waals surface area contributed by atoms with Crippen molar-refractivity contribution in [2.45, 2.75) is 39.0 Å². The van der Waals surface area contributed by atoms with Crippen molar-refractivity contribution in [2.24, 2.45) is 4.99 Å². The van der Waals surface area contributed by atoms with E-state index >= 15 is 0 Å². The van der Waals surface area contributed by atoms with Gasteiger partial charge in [0.2, 0.25) is 6.79 Å². The van der Waals surface area contributed by atoms with Crippen LogP contribution in [0.4, 0.5) is 0 Å².